The minimum absolute atomic E-state index is 0.489. The second kappa shape index (κ2) is 6.20. The van der Waals surface area contributed by atoms with Crippen LogP contribution < -0.4 is 5.32 Å². The van der Waals surface area contributed by atoms with Crippen LogP contribution in [0.2, 0.25) is 5.02 Å². The van der Waals surface area contributed by atoms with Gasteiger partial charge in [-0.05, 0) is 61.4 Å². The van der Waals surface area contributed by atoms with Crippen LogP contribution in [0.25, 0.3) is 11.5 Å². The van der Waals surface area contributed by atoms with Crippen LogP contribution >= 0.6 is 11.6 Å². The highest BCUT2D eigenvalue weighted by molar-refractivity contribution is 6.30. The Balaban J connectivity index is 1.69. The van der Waals surface area contributed by atoms with E-state index < -0.39 is 0 Å². The number of rotatable bonds is 4. The molecule has 5 heteroatoms. The van der Waals surface area contributed by atoms with Crippen molar-refractivity contribution in [2.45, 2.75) is 20.4 Å². The molecule has 1 aromatic heterocycles. The number of hydrogen-bond acceptors (Lipinski definition) is 4. The predicted molar refractivity (Wildman–Crippen MR) is 88.0 cm³/mol. The van der Waals surface area contributed by atoms with Crippen molar-refractivity contribution >= 4 is 17.3 Å². The van der Waals surface area contributed by atoms with Crippen LogP contribution in [-0.4, -0.2) is 10.2 Å². The first-order chi connectivity index (χ1) is 10.6. The van der Waals surface area contributed by atoms with Gasteiger partial charge in [-0.15, -0.1) is 10.2 Å². The van der Waals surface area contributed by atoms with Crippen LogP contribution in [0.4, 0.5) is 5.69 Å². The number of hydrogen-bond donors (Lipinski definition) is 1. The fourth-order valence-electron chi connectivity index (χ4n) is 2.06. The van der Waals surface area contributed by atoms with Gasteiger partial charge in [-0.1, -0.05) is 17.7 Å². The molecule has 0 radical (unpaired) electrons. The molecule has 3 rings (SSSR count). The Hall–Kier alpha value is -2.33. The summed E-state index contributed by atoms with van der Waals surface area (Å²) in [4.78, 5) is 0. The van der Waals surface area contributed by atoms with Gasteiger partial charge in [-0.3, -0.25) is 0 Å². The van der Waals surface area contributed by atoms with E-state index >= 15 is 0 Å². The lowest BCUT2D eigenvalue weighted by Crippen LogP contribution is -2.00. The highest BCUT2D eigenvalue weighted by Gasteiger charge is 2.08. The molecule has 112 valence electrons. The Kier molecular flexibility index (Phi) is 4.11. The minimum Gasteiger partial charge on any atom is -0.419 e. The molecule has 0 aliphatic heterocycles. The third-order valence-electron chi connectivity index (χ3n) is 3.51. The average Bonchev–Trinajstić information content (AvgIpc) is 2.98. The van der Waals surface area contributed by atoms with E-state index in [0.29, 0.717) is 23.3 Å². The quantitative estimate of drug-likeness (QED) is 0.763. The number of nitrogens with one attached hydrogen (secondary N) is 1. The second-order valence-electron chi connectivity index (χ2n) is 5.16. The molecule has 0 bridgehead atoms. The number of benzene rings is 2. The molecule has 0 aliphatic rings. The van der Waals surface area contributed by atoms with E-state index in [2.05, 4.69) is 41.5 Å². The molecule has 0 saturated carbocycles. The van der Waals surface area contributed by atoms with Gasteiger partial charge < -0.3 is 9.73 Å². The molecule has 0 atom stereocenters. The van der Waals surface area contributed by atoms with Crippen LogP contribution in [0.1, 0.15) is 17.0 Å². The molecule has 0 amide bonds. The van der Waals surface area contributed by atoms with E-state index in [4.69, 9.17) is 16.0 Å². The molecule has 4 nitrogen and oxygen atoms in total. The number of anilines is 1. The molecule has 0 spiro atoms. The number of halogens is 1. The zero-order chi connectivity index (χ0) is 15.5. The van der Waals surface area contributed by atoms with Crippen molar-refractivity contribution in [1.29, 1.82) is 0 Å². The van der Waals surface area contributed by atoms with E-state index in [1.807, 2.05) is 18.2 Å². The Morgan fingerprint density at radius 1 is 1.00 bits per heavy atom. The van der Waals surface area contributed by atoms with Crippen molar-refractivity contribution in [3.05, 3.63) is 64.5 Å². The van der Waals surface area contributed by atoms with E-state index in [-0.39, 0.29) is 0 Å². The Morgan fingerprint density at radius 3 is 2.50 bits per heavy atom. The summed E-state index contributed by atoms with van der Waals surface area (Å²) in [5.41, 5.74) is 4.41. The van der Waals surface area contributed by atoms with Crippen molar-refractivity contribution in [2.75, 3.05) is 5.32 Å². The molecular weight excluding hydrogens is 298 g/mol. The first-order valence-electron chi connectivity index (χ1n) is 7.01. The topological polar surface area (TPSA) is 51.0 Å². The van der Waals surface area contributed by atoms with Crippen LogP contribution in [0.3, 0.4) is 0 Å². The third-order valence-corrected chi connectivity index (χ3v) is 3.76. The molecule has 0 saturated heterocycles. The zero-order valence-corrected chi connectivity index (χ0v) is 13.2. The molecule has 22 heavy (non-hydrogen) atoms. The number of aromatic nitrogens is 2. The van der Waals surface area contributed by atoms with Crippen LogP contribution in [0, 0.1) is 13.8 Å². The summed E-state index contributed by atoms with van der Waals surface area (Å²) < 4.78 is 5.66. The van der Waals surface area contributed by atoms with E-state index in [9.17, 15) is 0 Å². The summed E-state index contributed by atoms with van der Waals surface area (Å²) in [7, 11) is 0. The SMILES string of the molecule is Cc1ccc(NCc2nnc(-c3ccc(Cl)cc3)o2)cc1C. The highest BCUT2D eigenvalue weighted by atomic mass is 35.5. The van der Waals surface area contributed by atoms with Crippen LogP contribution in [-0.2, 0) is 6.54 Å². The van der Waals surface area contributed by atoms with Crippen molar-refractivity contribution in [1.82, 2.24) is 10.2 Å². The fourth-order valence-corrected chi connectivity index (χ4v) is 2.19. The summed E-state index contributed by atoms with van der Waals surface area (Å²) in [6, 6.07) is 13.5. The van der Waals surface area contributed by atoms with E-state index in [1.54, 1.807) is 12.1 Å². The summed E-state index contributed by atoms with van der Waals surface area (Å²) in [6.45, 7) is 4.67. The summed E-state index contributed by atoms with van der Waals surface area (Å²) >= 11 is 5.87. The molecule has 1 N–H and O–H groups in total. The lowest BCUT2D eigenvalue weighted by molar-refractivity contribution is 0.515. The van der Waals surface area contributed by atoms with Crippen molar-refractivity contribution < 1.29 is 4.42 Å². The van der Waals surface area contributed by atoms with Gasteiger partial charge in [0.25, 0.3) is 0 Å². The lowest BCUT2D eigenvalue weighted by Gasteiger charge is -2.06. The molecular formula is C17H16ClN3O. The van der Waals surface area contributed by atoms with Gasteiger partial charge in [0.05, 0.1) is 6.54 Å². The van der Waals surface area contributed by atoms with Crippen molar-refractivity contribution in [2.24, 2.45) is 0 Å². The molecule has 0 fully saturated rings. The largest absolute Gasteiger partial charge is 0.419 e. The van der Waals surface area contributed by atoms with Gasteiger partial charge in [-0.2, -0.15) is 0 Å². The third kappa shape index (κ3) is 3.28. The lowest BCUT2D eigenvalue weighted by atomic mass is 10.1. The molecule has 2 aromatic carbocycles. The van der Waals surface area contributed by atoms with Gasteiger partial charge >= 0.3 is 0 Å². The van der Waals surface area contributed by atoms with Gasteiger partial charge in [-0.25, -0.2) is 0 Å². The van der Waals surface area contributed by atoms with Crippen molar-refractivity contribution in [3.63, 3.8) is 0 Å². The van der Waals surface area contributed by atoms with Gasteiger partial charge in [0.2, 0.25) is 11.8 Å². The average molecular weight is 314 g/mol. The molecule has 3 aromatic rings. The van der Waals surface area contributed by atoms with Gasteiger partial charge in [0.1, 0.15) is 0 Å². The Morgan fingerprint density at radius 2 is 1.77 bits per heavy atom. The standard InChI is InChI=1S/C17H16ClN3O/c1-11-3-8-15(9-12(11)2)19-10-16-20-21-17(22-16)13-4-6-14(18)7-5-13/h3-9,19H,10H2,1-2H3. The predicted octanol–water partition coefficient (Wildman–Crippen LogP) is 4.62. The van der Waals surface area contributed by atoms with Crippen molar-refractivity contribution in [3.8, 4) is 11.5 Å². The number of aryl methyl sites for hydroxylation is 2. The number of nitrogens with zero attached hydrogens (tertiary/aromatic N) is 2. The summed E-state index contributed by atoms with van der Waals surface area (Å²) in [5, 5.41) is 12.1. The first-order valence-corrected chi connectivity index (χ1v) is 7.39. The Labute approximate surface area is 134 Å². The van der Waals surface area contributed by atoms with E-state index in [1.165, 1.54) is 11.1 Å². The minimum atomic E-state index is 0.489. The first kappa shape index (κ1) is 14.6. The monoisotopic (exact) mass is 313 g/mol. The summed E-state index contributed by atoms with van der Waals surface area (Å²) in [6.07, 6.45) is 0. The van der Waals surface area contributed by atoms with Gasteiger partial charge in [0.15, 0.2) is 0 Å². The molecule has 0 aliphatic carbocycles. The molecule has 1 heterocycles. The van der Waals surface area contributed by atoms with Crippen LogP contribution in [0.15, 0.2) is 46.9 Å². The second-order valence-corrected chi connectivity index (χ2v) is 5.60. The van der Waals surface area contributed by atoms with E-state index in [0.717, 1.165) is 11.3 Å². The fraction of sp³-hybridized carbons (Fsp3) is 0.176. The maximum absolute atomic E-state index is 5.87. The van der Waals surface area contributed by atoms with Gasteiger partial charge in [0, 0.05) is 16.3 Å². The highest BCUT2D eigenvalue weighted by Crippen LogP contribution is 2.21. The smallest absolute Gasteiger partial charge is 0.247 e. The zero-order valence-electron chi connectivity index (χ0n) is 12.4. The summed E-state index contributed by atoms with van der Waals surface area (Å²) in [5.74, 6) is 1.04. The molecule has 0 unspecified atom stereocenters. The maximum atomic E-state index is 5.87. The normalized spacial score (nSPS) is 10.7. The Bertz CT molecular complexity index is 781. The maximum Gasteiger partial charge on any atom is 0.247 e. The van der Waals surface area contributed by atoms with Crippen LogP contribution in [0.5, 0.6) is 0 Å².